The molecule has 2 aromatic rings. The van der Waals surface area contributed by atoms with Crippen LogP contribution in [0.4, 0.5) is 4.79 Å². The average molecular weight is 407 g/mol. The molecule has 0 radical (unpaired) electrons. The van der Waals surface area contributed by atoms with Crippen LogP contribution >= 0.6 is 0 Å². The van der Waals surface area contributed by atoms with Gasteiger partial charge in [-0.1, -0.05) is 24.3 Å². The van der Waals surface area contributed by atoms with Crippen LogP contribution in [-0.2, 0) is 13.0 Å². The predicted molar refractivity (Wildman–Crippen MR) is 116 cm³/mol. The summed E-state index contributed by atoms with van der Waals surface area (Å²) in [6.45, 7) is 7.30. The first kappa shape index (κ1) is 20.4. The number of aryl methyl sites for hydroxylation is 1. The number of piperidine rings is 1. The quantitative estimate of drug-likeness (QED) is 0.848. The second kappa shape index (κ2) is 8.86. The molecule has 6 heteroatoms. The molecule has 1 aromatic carbocycles. The molecule has 2 aliphatic rings. The first-order chi connectivity index (χ1) is 14.6. The van der Waals surface area contributed by atoms with Gasteiger partial charge >= 0.3 is 6.03 Å². The first-order valence-corrected chi connectivity index (χ1v) is 10.9. The van der Waals surface area contributed by atoms with Gasteiger partial charge in [0.05, 0.1) is 11.3 Å². The van der Waals surface area contributed by atoms with Crippen LogP contribution < -0.4 is 5.32 Å². The molecule has 1 saturated heterocycles. The Bertz CT molecular complexity index is 935. The number of amides is 3. The van der Waals surface area contributed by atoms with Gasteiger partial charge in [0, 0.05) is 44.3 Å². The number of nitrogens with one attached hydrogen (secondary N) is 1. The van der Waals surface area contributed by atoms with E-state index < -0.39 is 0 Å². The van der Waals surface area contributed by atoms with Crippen LogP contribution in [0.3, 0.4) is 0 Å². The molecule has 1 N–H and O–H groups in total. The Balaban J connectivity index is 1.52. The maximum atomic E-state index is 13.5. The lowest BCUT2D eigenvalue weighted by Gasteiger charge is -2.33. The molecule has 0 unspecified atom stereocenters. The molecule has 6 nitrogen and oxygen atoms in total. The van der Waals surface area contributed by atoms with Crippen molar-refractivity contribution >= 4 is 11.9 Å². The number of urea groups is 1. The molecule has 1 aromatic heterocycles. The van der Waals surface area contributed by atoms with E-state index in [1.54, 1.807) is 0 Å². The third kappa shape index (κ3) is 4.18. The van der Waals surface area contributed by atoms with Crippen molar-refractivity contribution in [1.29, 1.82) is 0 Å². The van der Waals surface area contributed by atoms with Gasteiger partial charge in [-0.2, -0.15) is 0 Å². The monoisotopic (exact) mass is 406 g/mol. The highest BCUT2D eigenvalue weighted by Gasteiger charge is 2.30. The molecule has 30 heavy (non-hydrogen) atoms. The SMILES string of the molecule is CCNC(=O)N1CCC(c2nc(C)ccc2C(=O)N2CCc3ccccc3C2)CC1. The molecule has 0 bridgehead atoms. The van der Waals surface area contributed by atoms with E-state index in [4.69, 9.17) is 4.98 Å². The van der Waals surface area contributed by atoms with Gasteiger partial charge in [-0.25, -0.2) is 4.79 Å². The van der Waals surface area contributed by atoms with E-state index in [0.717, 1.165) is 42.8 Å². The summed E-state index contributed by atoms with van der Waals surface area (Å²) in [7, 11) is 0. The van der Waals surface area contributed by atoms with Crippen LogP contribution in [0.5, 0.6) is 0 Å². The summed E-state index contributed by atoms with van der Waals surface area (Å²) in [4.78, 5) is 34.2. The molecule has 0 spiro atoms. The standard InChI is InChI=1S/C24H30N4O2/c1-3-25-24(30)27-13-11-19(12-14-27)22-21(9-8-17(2)26-22)23(29)28-15-10-18-6-4-5-7-20(18)16-28/h4-9,19H,3,10-16H2,1-2H3,(H,25,30). The zero-order valence-electron chi connectivity index (χ0n) is 17.9. The molecule has 0 saturated carbocycles. The molecular weight excluding hydrogens is 376 g/mol. The van der Waals surface area contributed by atoms with Crippen molar-refractivity contribution < 1.29 is 9.59 Å². The number of pyridine rings is 1. The zero-order chi connectivity index (χ0) is 21.1. The van der Waals surface area contributed by atoms with Gasteiger partial charge < -0.3 is 15.1 Å². The van der Waals surface area contributed by atoms with Crippen molar-refractivity contribution in [1.82, 2.24) is 20.1 Å². The lowest BCUT2D eigenvalue weighted by molar-refractivity contribution is 0.0731. The molecule has 4 rings (SSSR count). The number of aromatic nitrogens is 1. The van der Waals surface area contributed by atoms with Crippen molar-refractivity contribution in [2.75, 3.05) is 26.2 Å². The van der Waals surface area contributed by atoms with Crippen LogP contribution in [0.15, 0.2) is 36.4 Å². The van der Waals surface area contributed by atoms with E-state index in [9.17, 15) is 9.59 Å². The minimum atomic E-state index is -0.00330. The maximum absolute atomic E-state index is 13.5. The maximum Gasteiger partial charge on any atom is 0.317 e. The third-order valence-electron chi connectivity index (χ3n) is 6.21. The van der Waals surface area contributed by atoms with E-state index in [1.165, 1.54) is 11.1 Å². The van der Waals surface area contributed by atoms with Crippen molar-refractivity contribution in [2.24, 2.45) is 0 Å². The van der Waals surface area contributed by atoms with Crippen LogP contribution in [-0.4, -0.2) is 52.9 Å². The topological polar surface area (TPSA) is 65.5 Å². The summed E-state index contributed by atoms with van der Waals surface area (Å²) >= 11 is 0. The Kier molecular flexibility index (Phi) is 6.02. The first-order valence-electron chi connectivity index (χ1n) is 10.9. The number of nitrogens with zero attached hydrogens (tertiary/aromatic N) is 3. The van der Waals surface area contributed by atoms with Crippen LogP contribution in [0.2, 0.25) is 0 Å². The molecule has 2 aliphatic heterocycles. The number of rotatable bonds is 3. The second-order valence-electron chi connectivity index (χ2n) is 8.23. The molecule has 1 fully saturated rings. The predicted octanol–water partition coefficient (Wildman–Crippen LogP) is 3.50. The minimum absolute atomic E-state index is 0.00330. The number of likely N-dealkylation sites (tertiary alicyclic amines) is 1. The fraction of sp³-hybridized carbons (Fsp3) is 0.458. The number of hydrogen-bond acceptors (Lipinski definition) is 3. The van der Waals surface area contributed by atoms with E-state index in [1.807, 2.05) is 41.8 Å². The van der Waals surface area contributed by atoms with Crippen molar-refractivity contribution in [3.8, 4) is 0 Å². The van der Waals surface area contributed by atoms with Gasteiger partial charge in [0.15, 0.2) is 0 Å². The van der Waals surface area contributed by atoms with Crippen molar-refractivity contribution in [3.63, 3.8) is 0 Å². The molecule has 158 valence electrons. The van der Waals surface area contributed by atoms with Crippen molar-refractivity contribution in [2.45, 2.75) is 45.6 Å². The number of carbonyl (C=O) groups excluding carboxylic acids is 2. The summed E-state index contributed by atoms with van der Waals surface area (Å²) in [5, 5.41) is 2.87. The van der Waals surface area contributed by atoms with E-state index in [-0.39, 0.29) is 17.9 Å². The lowest BCUT2D eigenvalue weighted by Crippen LogP contribution is -2.44. The van der Waals surface area contributed by atoms with Gasteiger partial charge in [-0.15, -0.1) is 0 Å². The van der Waals surface area contributed by atoms with Crippen LogP contribution in [0.1, 0.15) is 58.6 Å². The summed E-state index contributed by atoms with van der Waals surface area (Å²) in [6.07, 6.45) is 2.55. The lowest BCUT2D eigenvalue weighted by atomic mass is 9.89. The molecule has 0 aliphatic carbocycles. The number of benzene rings is 1. The molecular formula is C24H30N4O2. The van der Waals surface area contributed by atoms with Gasteiger partial charge in [0.1, 0.15) is 0 Å². The minimum Gasteiger partial charge on any atom is -0.338 e. The Labute approximate surface area is 178 Å². The van der Waals surface area contributed by atoms with E-state index in [2.05, 4.69) is 23.5 Å². The highest BCUT2D eigenvalue weighted by Crippen LogP contribution is 2.31. The normalized spacial score (nSPS) is 16.9. The van der Waals surface area contributed by atoms with E-state index in [0.29, 0.717) is 26.2 Å². The number of hydrogen-bond donors (Lipinski definition) is 1. The fourth-order valence-corrected chi connectivity index (χ4v) is 4.53. The number of fused-ring (bicyclic) bond motifs is 1. The average Bonchev–Trinajstić information content (AvgIpc) is 2.78. The molecule has 3 heterocycles. The largest absolute Gasteiger partial charge is 0.338 e. The van der Waals surface area contributed by atoms with Gasteiger partial charge in [-0.3, -0.25) is 9.78 Å². The van der Waals surface area contributed by atoms with E-state index >= 15 is 0 Å². The van der Waals surface area contributed by atoms with Gasteiger partial charge in [0.2, 0.25) is 0 Å². The van der Waals surface area contributed by atoms with Crippen LogP contribution in [0.25, 0.3) is 0 Å². The Morgan fingerprint density at radius 2 is 1.77 bits per heavy atom. The summed E-state index contributed by atoms with van der Waals surface area (Å²) in [5.41, 5.74) is 5.11. The van der Waals surface area contributed by atoms with Crippen LogP contribution in [0, 0.1) is 6.92 Å². The highest BCUT2D eigenvalue weighted by molar-refractivity contribution is 5.95. The van der Waals surface area contributed by atoms with Gasteiger partial charge in [0.25, 0.3) is 5.91 Å². The zero-order valence-corrected chi connectivity index (χ0v) is 17.9. The third-order valence-corrected chi connectivity index (χ3v) is 6.21. The summed E-state index contributed by atoms with van der Waals surface area (Å²) in [6, 6.07) is 12.2. The fourth-order valence-electron chi connectivity index (χ4n) is 4.53. The Hall–Kier alpha value is -2.89. The molecule has 0 atom stereocenters. The summed E-state index contributed by atoms with van der Waals surface area (Å²) in [5.74, 6) is 0.268. The molecule has 3 amide bonds. The highest BCUT2D eigenvalue weighted by atomic mass is 16.2. The van der Waals surface area contributed by atoms with Crippen molar-refractivity contribution in [3.05, 3.63) is 64.5 Å². The Morgan fingerprint density at radius 3 is 2.50 bits per heavy atom. The summed E-state index contributed by atoms with van der Waals surface area (Å²) < 4.78 is 0. The Morgan fingerprint density at radius 1 is 1.03 bits per heavy atom. The second-order valence-corrected chi connectivity index (χ2v) is 8.23. The van der Waals surface area contributed by atoms with Gasteiger partial charge in [-0.05, 0) is 56.4 Å². The number of carbonyl (C=O) groups is 2. The smallest absolute Gasteiger partial charge is 0.317 e.